The summed E-state index contributed by atoms with van der Waals surface area (Å²) in [4.78, 5) is 6.68. The van der Waals surface area contributed by atoms with Gasteiger partial charge in [0.2, 0.25) is 0 Å². The van der Waals surface area contributed by atoms with E-state index < -0.39 is 0 Å². The number of fused-ring (bicyclic) bond motifs is 3. The van der Waals surface area contributed by atoms with Crippen molar-refractivity contribution in [3.8, 4) is 16.8 Å². The van der Waals surface area contributed by atoms with E-state index in [1.165, 1.54) is 33.4 Å². The molecule has 5 heteroatoms. The van der Waals surface area contributed by atoms with Crippen LogP contribution in [0.25, 0.3) is 27.7 Å². The minimum absolute atomic E-state index is 0.795. The van der Waals surface area contributed by atoms with Crippen molar-refractivity contribution < 1.29 is 0 Å². The van der Waals surface area contributed by atoms with Crippen LogP contribution in [0.3, 0.4) is 0 Å². The number of aromatic nitrogens is 2. The SMILES string of the molecule is CN1CCc2c(c3cc(Cl)ccc3n2-c2cscc2-c2cccnc2)C1. The smallest absolute Gasteiger partial charge is 0.0644 e. The van der Waals surface area contributed by atoms with E-state index in [0.717, 1.165) is 30.1 Å². The molecule has 0 amide bonds. The molecule has 4 heterocycles. The Morgan fingerprint density at radius 3 is 2.96 bits per heavy atom. The first-order chi connectivity index (χ1) is 12.7. The van der Waals surface area contributed by atoms with E-state index in [2.05, 4.69) is 50.5 Å². The number of pyridine rings is 1. The molecule has 0 fully saturated rings. The monoisotopic (exact) mass is 379 g/mol. The first-order valence-electron chi connectivity index (χ1n) is 8.69. The van der Waals surface area contributed by atoms with Crippen molar-refractivity contribution in [1.29, 1.82) is 0 Å². The molecular formula is C21H18ClN3S. The van der Waals surface area contributed by atoms with Gasteiger partial charge in [0.05, 0.1) is 11.2 Å². The second kappa shape index (κ2) is 6.23. The van der Waals surface area contributed by atoms with Crippen LogP contribution in [0, 0.1) is 0 Å². The highest BCUT2D eigenvalue weighted by molar-refractivity contribution is 7.08. The highest BCUT2D eigenvalue weighted by atomic mass is 35.5. The maximum absolute atomic E-state index is 6.33. The fraction of sp³-hybridized carbons (Fsp3) is 0.190. The molecule has 130 valence electrons. The predicted molar refractivity (Wildman–Crippen MR) is 109 cm³/mol. The van der Waals surface area contributed by atoms with Crippen molar-refractivity contribution in [3.63, 3.8) is 0 Å². The third kappa shape index (κ3) is 2.49. The molecule has 0 bridgehead atoms. The average Bonchev–Trinajstić information content (AvgIpc) is 3.24. The molecule has 0 radical (unpaired) electrons. The molecule has 0 unspecified atom stereocenters. The van der Waals surface area contributed by atoms with Crippen LogP contribution in [0.4, 0.5) is 0 Å². The van der Waals surface area contributed by atoms with Crippen molar-refractivity contribution in [2.45, 2.75) is 13.0 Å². The largest absolute Gasteiger partial charge is 0.312 e. The Hall–Kier alpha value is -2.14. The zero-order valence-corrected chi connectivity index (χ0v) is 16.0. The predicted octanol–water partition coefficient (Wildman–Crippen LogP) is 5.40. The Balaban J connectivity index is 1.81. The molecule has 1 aliphatic rings. The fourth-order valence-corrected chi connectivity index (χ4v) is 4.94. The van der Waals surface area contributed by atoms with Crippen LogP contribution in [-0.2, 0) is 13.0 Å². The first kappa shape index (κ1) is 16.1. The highest BCUT2D eigenvalue weighted by Crippen LogP contribution is 2.38. The van der Waals surface area contributed by atoms with Gasteiger partial charge in [-0.2, -0.15) is 0 Å². The average molecular weight is 380 g/mol. The molecule has 26 heavy (non-hydrogen) atoms. The molecule has 0 saturated heterocycles. The van der Waals surface area contributed by atoms with E-state index >= 15 is 0 Å². The van der Waals surface area contributed by atoms with Gasteiger partial charge in [-0.1, -0.05) is 17.7 Å². The van der Waals surface area contributed by atoms with Crippen molar-refractivity contribution in [1.82, 2.24) is 14.5 Å². The molecule has 0 atom stereocenters. The van der Waals surface area contributed by atoms with Gasteiger partial charge in [0.1, 0.15) is 0 Å². The summed E-state index contributed by atoms with van der Waals surface area (Å²) in [6, 6.07) is 10.4. The van der Waals surface area contributed by atoms with Gasteiger partial charge in [-0.05, 0) is 36.9 Å². The minimum atomic E-state index is 0.795. The maximum atomic E-state index is 6.33. The zero-order valence-electron chi connectivity index (χ0n) is 14.4. The molecule has 0 N–H and O–H groups in total. The topological polar surface area (TPSA) is 21.1 Å². The normalized spacial score (nSPS) is 14.7. The molecule has 3 aromatic heterocycles. The van der Waals surface area contributed by atoms with E-state index in [1.54, 1.807) is 11.3 Å². The second-order valence-corrected chi connectivity index (χ2v) is 8.00. The maximum Gasteiger partial charge on any atom is 0.0644 e. The van der Waals surface area contributed by atoms with E-state index in [4.69, 9.17) is 11.6 Å². The summed E-state index contributed by atoms with van der Waals surface area (Å²) in [6.45, 7) is 2.04. The third-order valence-electron chi connectivity index (χ3n) is 5.16. The summed E-state index contributed by atoms with van der Waals surface area (Å²) in [5.41, 5.74) is 7.67. The number of thiophene rings is 1. The van der Waals surface area contributed by atoms with Crippen LogP contribution in [0.15, 0.2) is 53.5 Å². The summed E-state index contributed by atoms with van der Waals surface area (Å²) in [7, 11) is 2.18. The van der Waals surface area contributed by atoms with E-state index in [9.17, 15) is 0 Å². The summed E-state index contributed by atoms with van der Waals surface area (Å²) in [5, 5.41) is 6.52. The van der Waals surface area contributed by atoms with Gasteiger partial charge in [0.15, 0.2) is 0 Å². The quantitative estimate of drug-likeness (QED) is 0.465. The third-order valence-corrected chi connectivity index (χ3v) is 6.12. The molecule has 1 aliphatic heterocycles. The van der Waals surface area contributed by atoms with Gasteiger partial charge in [0.25, 0.3) is 0 Å². The van der Waals surface area contributed by atoms with Gasteiger partial charge >= 0.3 is 0 Å². The van der Waals surface area contributed by atoms with E-state index in [0.29, 0.717) is 0 Å². The summed E-state index contributed by atoms with van der Waals surface area (Å²) in [6.07, 6.45) is 4.80. The number of benzene rings is 1. The zero-order chi connectivity index (χ0) is 17.7. The molecule has 0 aliphatic carbocycles. The van der Waals surface area contributed by atoms with Gasteiger partial charge < -0.3 is 9.47 Å². The Morgan fingerprint density at radius 1 is 1.19 bits per heavy atom. The van der Waals surface area contributed by atoms with Gasteiger partial charge in [-0.3, -0.25) is 4.98 Å². The van der Waals surface area contributed by atoms with Crippen molar-refractivity contribution >= 4 is 33.8 Å². The number of rotatable bonds is 2. The van der Waals surface area contributed by atoms with Gasteiger partial charge in [-0.15, -0.1) is 11.3 Å². The summed E-state index contributed by atoms with van der Waals surface area (Å²) >= 11 is 8.07. The van der Waals surface area contributed by atoms with Crippen LogP contribution < -0.4 is 0 Å². The summed E-state index contributed by atoms with van der Waals surface area (Å²) in [5.74, 6) is 0. The minimum Gasteiger partial charge on any atom is -0.312 e. The van der Waals surface area contributed by atoms with Crippen molar-refractivity contribution in [2.24, 2.45) is 0 Å². The number of halogens is 1. The Labute approximate surface area is 161 Å². The van der Waals surface area contributed by atoms with Gasteiger partial charge in [0, 0.05) is 69.9 Å². The number of hydrogen-bond donors (Lipinski definition) is 0. The molecule has 1 aromatic carbocycles. The lowest BCUT2D eigenvalue weighted by atomic mass is 10.0. The number of hydrogen-bond acceptors (Lipinski definition) is 3. The van der Waals surface area contributed by atoms with Crippen molar-refractivity contribution in [2.75, 3.05) is 13.6 Å². The molecular weight excluding hydrogens is 362 g/mol. The highest BCUT2D eigenvalue weighted by Gasteiger charge is 2.24. The molecule has 4 aromatic rings. The molecule has 5 rings (SSSR count). The first-order valence-corrected chi connectivity index (χ1v) is 10.0. The fourth-order valence-electron chi connectivity index (χ4n) is 3.94. The van der Waals surface area contributed by atoms with E-state index in [1.807, 2.05) is 24.5 Å². The lowest BCUT2D eigenvalue weighted by Crippen LogP contribution is -2.27. The summed E-state index contributed by atoms with van der Waals surface area (Å²) < 4.78 is 2.44. The Morgan fingerprint density at radius 2 is 2.12 bits per heavy atom. The van der Waals surface area contributed by atoms with Crippen LogP contribution in [0.5, 0.6) is 0 Å². The van der Waals surface area contributed by atoms with E-state index in [-0.39, 0.29) is 0 Å². The lowest BCUT2D eigenvalue weighted by Gasteiger charge is -2.24. The van der Waals surface area contributed by atoms with Crippen LogP contribution in [-0.4, -0.2) is 28.0 Å². The number of nitrogens with zero attached hydrogens (tertiary/aromatic N) is 3. The van der Waals surface area contributed by atoms with Crippen LogP contribution in [0.2, 0.25) is 5.02 Å². The molecule has 0 saturated carbocycles. The van der Waals surface area contributed by atoms with Crippen molar-refractivity contribution in [3.05, 3.63) is 69.8 Å². The van der Waals surface area contributed by atoms with Gasteiger partial charge in [-0.25, -0.2) is 0 Å². The molecule has 0 spiro atoms. The standard InChI is InChI=1S/C21H18ClN3S/c1-24-8-6-20-17(11-24)16-9-15(22)4-5-19(16)25(20)21-13-26-12-18(21)14-3-2-7-23-10-14/h2-5,7,9-10,12-13H,6,8,11H2,1H3. The van der Waals surface area contributed by atoms with Crippen LogP contribution >= 0.6 is 22.9 Å². The Kier molecular flexibility index (Phi) is 3.85. The Bertz CT molecular complexity index is 1100. The van der Waals surface area contributed by atoms with Crippen LogP contribution in [0.1, 0.15) is 11.3 Å². The lowest BCUT2D eigenvalue weighted by molar-refractivity contribution is 0.311. The number of likely N-dealkylation sites (N-methyl/N-ethyl adjacent to an activating group) is 1. The molecule has 3 nitrogen and oxygen atoms in total. The second-order valence-electron chi connectivity index (χ2n) is 6.82.